The van der Waals surface area contributed by atoms with Gasteiger partial charge in [0.2, 0.25) is 0 Å². The minimum atomic E-state index is -4.47. The average Bonchev–Trinajstić information content (AvgIpc) is 2.23. The van der Waals surface area contributed by atoms with Crippen molar-refractivity contribution in [3.63, 3.8) is 0 Å². The fourth-order valence-corrected chi connectivity index (χ4v) is 1.65. The second kappa shape index (κ2) is 5.64. The number of aromatic carboxylic acids is 1. The van der Waals surface area contributed by atoms with E-state index in [9.17, 15) is 18.0 Å². The molecule has 0 bridgehead atoms. The molecule has 0 aliphatic rings. The van der Waals surface area contributed by atoms with Crippen molar-refractivity contribution in [2.45, 2.75) is 26.1 Å². The Balaban J connectivity index is 3.29. The van der Waals surface area contributed by atoms with Gasteiger partial charge >= 0.3 is 12.1 Å². The molecule has 0 saturated carbocycles. The van der Waals surface area contributed by atoms with E-state index in [4.69, 9.17) is 16.7 Å². The molecule has 0 atom stereocenters. The lowest BCUT2D eigenvalue weighted by Gasteiger charge is -2.29. The van der Waals surface area contributed by atoms with E-state index >= 15 is 0 Å². The zero-order valence-corrected chi connectivity index (χ0v) is 11.0. The van der Waals surface area contributed by atoms with Gasteiger partial charge in [-0.15, -0.1) is 0 Å². The van der Waals surface area contributed by atoms with Gasteiger partial charge in [-0.1, -0.05) is 11.6 Å². The van der Waals surface area contributed by atoms with Crippen LogP contribution in [0, 0.1) is 0 Å². The van der Waals surface area contributed by atoms with Gasteiger partial charge in [0, 0.05) is 6.04 Å². The third-order valence-electron chi connectivity index (χ3n) is 2.32. The highest BCUT2D eigenvalue weighted by atomic mass is 35.5. The van der Waals surface area contributed by atoms with Crippen molar-refractivity contribution in [2.75, 3.05) is 11.4 Å². The lowest BCUT2D eigenvalue weighted by Crippen LogP contribution is -2.40. The molecule has 0 spiro atoms. The Kier molecular flexibility index (Phi) is 4.62. The highest BCUT2D eigenvalue weighted by molar-refractivity contribution is 6.29. The minimum Gasteiger partial charge on any atom is -0.478 e. The molecule has 0 saturated heterocycles. The lowest BCUT2D eigenvalue weighted by atomic mass is 10.2. The van der Waals surface area contributed by atoms with Crippen LogP contribution in [-0.2, 0) is 0 Å². The zero-order chi connectivity index (χ0) is 14.8. The average molecular weight is 297 g/mol. The molecule has 1 heterocycles. The van der Waals surface area contributed by atoms with Crippen molar-refractivity contribution in [3.8, 4) is 0 Å². The van der Waals surface area contributed by atoms with Crippen molar-refractivity contribution < 1.29 is 23.1 Å². The maximum atomic E-state index is 12.5. The van der Waals surface area contributed by atoms with Gasteiger partial charge in [0.1, 0.15) is 23.1 Å². The number of carboxylic acid groups (broad SMARTS) is 1. The van der Waals surface area contributed by atoms with Gasteiger partial charge < -0.3 is 10.0 Å². The van der Waals surface area contributed by atoms with Crippen LogP contribution in [0.2, 0.25) is 5.15 Å². The first-order valence-corrected chi connectivity index (χ1v) is 5.73. The molecular weight excluding hydrogens is 285 g/mol. The number of carboxylic acids is 1. The molecular formula is C11H12ClF3N2O2. The summed E-state index contributed by atoms with van der Waals surface area (Å²) >= 11 is 5.63. The summed E-state index contributed by atoms with van der Waals surface area (Å²) < 4.78 is 37.6. The summed E-state index contributed by atoms with van der Waals surface area (Å²) in [6, 6.07) is 1.78. The first-order valence-electron chi connectivity index (χ1n) is 5.35. The molecule has 1 N–H and O–H groups in total. The Morgan fingerprint density at radius 1 is 1.47 bits per heavy atom. The number of hydrogen-bond donors (Lipinski definition) is 1. The second-order valence-corrected chi connectivity index (χ2v) is 4.53. The fraction of sp³-hybridized carbons (Fsp3) is 0.455. The van der Waals surface area contributed by atoms with Crippen molar-refractivity contribution in [1.29, 1.82) is 0 Å². The van der Waals surface area contributed by atoms with Crippen LogP contribution in [-0.4, -0.2) is 34.8 Å². The van der Waals surface area contributed by atoms with E-state index in [0.717, 1.165) is 11.0 Å². The molecule has 0 aliphatic carbocycles. The number of alkyl halides is 3. The molecule has 0 radical (unpaired) electrons. The highest BCUT2D eigenvalue weighted by Crippen LogP contribution is 2.27. The van der Waals surface area contributed by atoms with E-state index < -0.39 is 24.7 Å². The van der Waals surface area contributed by atoms with Crippen molar-refractivity contribution in [3.05, 3.63) is 22.8 Å². The van der Waals surface area contributed by atoms with Gasteiger partial charge in [-0.2, -0.15) is 13.2 Å². The topological polar surface area (TPSA) is 53.4 Å². The van der Waals surface area contributed by atoms with E-state index in [1.807, 2.05) is 0 Å². The zero-order valence-electron chi connectivity index (χ0n) is 10.2. The molecule has 19 heavy (non-hydrogen) atoms. The Bertz CT molecular complexity index is 477. The van der Waals surface area contributed by atoms with Crippen molar-refractivity contribution in [1.82, 2.24) is 4.98 Å². The Labute approximate surface area is 112 Å². The lowest BCUT2D eigenvalue weighted by molar-refractivity contribution is -0.120. The number of anilines is 1. The number of halogens is 4. The van der Waals surface area contributed by atoms with Crippen molar-refractivity contribution >= 4 is 23.4 Å². The smallest absolute Gasteiger partial charge is 0.405 e. The van der Waals surface area contributed by atoms with Crippen LogP contribution in [0.1, 0.15) is 24.2 Å². The molecule has 8 heteroatoms. The minimum absolute atomic E-state index is 0.0622. The Morgan fingerprint density at radius 3 is 2.47 bits per heavy atom. The summed E-state index contributed by atoms with van der Waals surface area (Å²) in [4.78, 5) is 15.6. The van der Waals surface area contributed by atoms with Crippen LogP contribution in [0.25, 0.3) is 0 Å². The van der Waals surface area contributed by atoms with Gasteiger partial charge in [-0.25, -0.2) is 9.78 Å². The SMILES string of the molecule is CC(C)N(CC(F)(F)F)c1nc(Cl)ccc1C(=O)O. The van der Waals surface area contributed by atoms with Crippen LogP contribution < -0.4 is 4.90 Å². The van der Waals surface area contributed by atoms with E-state index in [-0.39, 0.29) is 16.5 Å². The summed E-state index contributed by atoms with van der Waals surface area (Å²) in [5.74, 6) is -1.64. The number of carbonyl (C=O) groups is 1. The normalized spacial score (nSPS) is 11.7. The van der Waals surface area contributed by atoms with Crippen LogP contribution >= 0.6 is 11.6 Å². The molecule has 0 unspecified atom stereocenters. The molecule has 4 nitrogen and oxygen atoms in total. The maximum absolute atomic E-state index is 12.5. The van der Waals surface area contributed by atoms with E-state index in [1.54, 1.807) is 0 Å². The number of hydrogen-bond acceptors (Lipinski definition) is 3. The molecule has 0 fully saturated rings. The molecule has 1 aromatic heterocycles. The van der Waals surface area contributed by atoms with Gasteiger partial charge in [0.15, 0.2) is 0 Å². The summed E-state index contributed by atoms with van der Waals surface area (Å²) in [7, 11) is 0. The van der Waals surface area contributed by atoms with Gasteiger partial charge in [-0.05, 0) is 26.0 Å². The largest absolute Gasteiger partial charge is 0.478 e. The highest BCUT2D eigenvalue weighted by Gasteiger charge is 2.34. The molecule has 0 aliphatic heterocycles. The van der Waals surface area contributed by atoms with Crippen LogP contribution in [0.5, 0.6) is 0 Å². The predicted octanol–water partition coefficient (Wildman–Crippen LogP) is 3.21. The molecule has 106 valence electrons. The number of pyridine rings is 1. The number of aromatic nitrogens is 1. The first kappa shape index (κ1) is 15.6. The van der Waals surface area contributed by atoms with E-state index in [1.165, 1.54) is 19.9 Å². The Morgan fingerprint density at radius 2 is 2.05 bits per heavy atom. The standard InChI is InChI=1S/C11H12ClF3N2O2/c1-6(2)17(5-11(13,14)15)9-7(10(18)19)3-4-8(12)16-9/h3-4,6H,5H2,1-2H3,(H,18,19). The summed E-state index contributed by atoms with van der Waals surface area (Å²) in [6.07, 6.45) is -4.47. The second-order valence-electron chi connectivity index (χ2n) is 4.15. The number of rotatable bonds is 4. The number of nitrogens with zero attached hydrogens (tertiary/aromatic N) is 2. The van der Waals surface area contributed by atoms with Gasteiger partial charge in [-0.3, -0.25) is 0 Å². The summed E-state index contributed by atoms with van der Waals surface area (Å²) in [5.41, 5.74) is -0.317. The van der Waals surface area contributed by atoms with Crippen LogP contribution in [0.4, 0.5) is 19.0 Å². The van der Waals surface area contributed by atoms with E-state index in [2.05, 4.69) is 4.98 Å². The summed E-state index contributed by atoms with van der Waals surface area (Å²) in [5, 5.41) is 8.93. The molecule has 0 aromatic carbocycles. The Hall–Kier alpha value is -1.50. The maximum Gasteiger partial charge on any atom is 0.405 e. The monoisotopic (exact) mass is 296 g/mol. The van der Waals surface area contributed by atoms with Crippen molar-refractivity contribution in [2.24, 2.45) is 0 Å². The van der Waals surface area contributed by atoms with Gasteiger partial charge in [0.25, 0.3) is 0 Å². The summed E-state index contributed by atoms with van der Waals surface area (Å²) in [6.45, 7) is 1.73. The van der Waals surface area contributed by atoms with Crippen LogP contribution in [0.3, 0.4) is 0 Å². The predicted molar refractivity (Wildman–Crippen MR) is 64.7 cm³/mol. The van der Waals surface area contributed by atoms with E-state index in [0.29, 0.717) is 0 Å². The third kappa shape index (κ3) is 4.27. The molecule has 1 aromatic rings. The quantitative estimate of drug-likeness (QED) is 0.867. The molecule has 1 rings (SSSR count). The van der Waals surface area contributed by atoms with Crippen LogP contribution in [0.15, 0.2) is 12.1 Å². The third-order valence-corrected chi connectivity index (χ3v) is 2.53. The fourth-order valence-electron chi connectivity index (χ4n) is 1.51. The first-order chi connectivity index (χ1) is 8.61. The molecule has 0 amide bonds. The van der Waals surface area contributed by atoms with Gasteiger partial charge in [0.05, 0.1) is 0 Å².